The summed E-state index contributed by atoms with van der Waals surface area (Å²) in [6, 6.07) is 8.08. The zero-order valence-corrected chi connectivity index (χ0v) is 16.4. The van der Waals surface area contributed by atoms with Crippen LogP contribution in [0.5, 0.6) is 5.75 Å². The number of ether oxygens (including phenoxy) is 1. The zero-order chi connectivity index (χ0) is 21.0. The molecule has 0 fully saturated rings. The molecule has 3 aromatic rings. The molecule has 29 heavy (non-hydrogen) atoms. The van der Waals surface area contributed by atoms with Crippen molar-refractivity contribution in [3.8, 4) is 16.9 Å². The average Bonchev–Trinajstić information content (AvgIpc) is 2.69. The maximum absolute atomic E-state index is 14.4. The Kier molecular flexibility index (Phi) is 6.58. The topological polar surface area (TPSA) is 47.0 Å². The number of halogens is 4. The van der Waals surface area contributed by atoms with Crippen molar-refractivity contribution in [2.45, 2.75) is 12.2 Å². The predicted octanol–water partition coefficient (Wildman–Crippen LogP) is 5.97. The normalized spacial score (nSPS) is 11.0. The minimum absolute atomic E-state index is 0.119. The Labute approximate surface area is 169 Å². The lowest BCUT2D eigenvalue weighted by Crippen LogP contribution is -2.02. The van der Waals surface area contributed by atoms with Gasteiger partial charge in [-0.3, -0.25) is 0 Å². The van der Waals surface area contributed by atoms with Crippen molar-refractivity contribution >= 4 is 23.4 Å². The molecule has 152 valence electrons. The molecular weight excluding hydrogens is 406 g/mol. The Balaban J connectivity index is 1.99. The molecule has 0 spiro atoms. The van der Waals surface area contributed by atoms with Crippen LogP contribution in [0.15, 0.2) is 42.6 Å². The van der Waals surface area contributed by atoms with Crippen LogP contribution in [-0.2, 0) is 5.75 Å². The van der Waals surface area contributed by atoms with Gasteiger partial charge in [0.1, 0.15) is 34.7 Å². The minimum atomic E-state index is -2.72. The number of aromatic nitrogens is 2. The van der Waals surface area contributed by atoms with Crippen LogP contribution < -0.4 is 10.1 Å². The summed E-state index contributed by atoms with van der Waals surface area (Å²) in [7, 11) is 1.35. The van der Waals surface area contributed by atoms with Gasteiger partial charge in [-0.15, -0.1) is 0 Å². The lowest BCUT2D eigenvalue weighted by Gasteiger charge is -2.13. The van der Waals surface area contributed by atoms with Crippen molar-refractivity contribution in [1.82, 2.24) is 9.97 Å². The Morgan fingerprint density at radius 2 is 1.86 bits per heavy atom. The molecule has 9 heteroatoms. The van der Waals surface area contributed by atoms with Crippen molar-refractivity contribution in [1.29, 1.82) is 0 Å². The SMILES string of the molecule is COc1cc(F)ccc1-c1cc(Nc2cc(CSC)cc(C(F)F)n2)ncc1F. The van der Waals surface area contributed by atoms with Gasteiger partial charge in [0.2, 0.25) is 0 Å². The van der Waals surface area contributed by atoms with Crippen molar-refractivity contribution in [2.24, 2.45) is 0 Å². The molecule has 2 aromatic heterocycles. The van der Waals surface area contributed by atoms with Crippen LogP contribution in [0.2, 0.25) is 0 Å². The third kappa shape index (κ3) is 4.97. The second kappa shape index (κ2) is 9.13. The van der Waals surface area contributed by atoms with E-state index >= 15 is 0 Å². The molecule has 0 bridgehead atoms. The number of methoxy groups -OCH3 is 1. The molecule has 4 nitrogen and oxygen atoms in total. The number of hydrogen-bond donors (Lipinski definition) is 1. The van der Waals surface area contributed by atoms with E-state index in [-0.39, 0.29) is 28.6 Å². The van der Waals surface area contributed by atoms with Gasteiger partial charge < -0.3 is 10.1 Å². The Morgan fingerprint density at radius 1 is 1.07 bits per heavy atom. The number of benzene rings is 1. The second-order valence-electron chi connectivity index (χ2n) is 6.04. The van der Waals surface area contributed by atoms with E-state index in [9.17, 15) is 17.6 Å². The molecule has 1 N–H and O–H groups in total. The highest BCUT2D eigenvalue weighted by Crippen LogP contribution is 2.34. The summed E-state index contributed by atoms with van der Waals surface area (Å²) >= 11 is 1.49. The summed E-state index contributed by atoms with van der Waals surface area (Å²) < 4.78 is 59.3. The van der Waals surface area contributed by atoms with E-state index in [0.29, 0.717) is 16.9 Å². The maximum Gasteiger partial charge on any atom is 0.280 e. The minimum Gasteiger partial charge on any atom is -0.496 e. The average molecular weight is 423 g/mol. The van der Waals surface area contributed by atoms with Crippen LogP contribution in [0.1, 0.15) is 17.7 Å². The van der Waals surface area contributed by atoms with Crippen LogP contribution in [0.4, 0.5) is 29.2 Å². The third-order valence-corrected chi connectivity index (χ3v) is 4.63. The van der Waals surface area contributed by atoms with Gasteiger partial charge in [0.15, 0.2) is 0 Å². The maximum atomic E-state index is 14.4. The fraction of sp³-hybridized carbons (Fsp3) is 0.200. The van der Waals surface area contributed by atoms with Gasteiger partial charge in [0.25, 0.3) is 6.43 Å². The van der Waals surface area contributed by atoms with Gasteiger partial charge in [-0.2, -0.15) is 11.8 Å². The van der Waals surface area contributed by atoms with Gasteiger partial charge in [0.05, 0.1) is 13.3 Å². The molecule has 0 aliphatic carbocycles. The summed E-state index contributed by atoms with van der Waals surface area (Å²) in [4.78, 5) is 7.85. The first-order valence-corrected chi connectivity index (χ1v) is 9.85. The summed E-state index contributed by atoms with van der Waals surface area (Å²) in [5, 5.41) is 2.84. The number of rotatable bonds is 7. The molecule has 0 radical (unpaired) electrons. The summed E-state index contributed by atoms with van der Waals surface area (Å²) in [6.45, 7) is 0. The molecule has 0 saturated heterocycles. The van der Waals surface area contributed by atoms with E-state index in [1.54, 1.807) is 6.07 Å². The van der Waals surface area contributed by atoms with Gasteiger partial charge >= 0.3 is 0 Å². The van der Waals surface area contributed by atoms with Crippen LogP contribution in [0.3, 0.4) is 0 Å². The molecule has 0 aliphatic heterocycles. The molecule has 0 amide bonds. The number of nitrogens with one attached hydrogen (secondary N) is 1. The van der Waals surface area contributed by atoms with Crippen molar-refractivity contribution in [3.63, 3.8) is 0 Å². The number of alkyl halides is 2. The lowest BCUT2D eigenvalue weighted by molar-refractivity contribution is 0.146. The summed E-state index contributed by atoms with van der Waals surface area (Å²) in [6.07, 6.45) is 0.122. The number of thioether (sulfide) groups is 1. The first-order chi connectivity index (χ1) is 13.9. The predicted molar refractivity (Wildman–Crippen MR) is 106 cm³/mol. The first-order valence-electron chi connectivity index (χ1n) is 8.45. The van der Waals surface area contributed by atoms with Crippen LogP contribution in [-0.4, -0.2) is 23.3 Å². The number of anilines is 2. The molecule has 1 aromatic carbocycles. The second-order valence-corrected chi connectivity index (χ2v) is 6.90. The van der Waals surface area contributed by atoms with Gasteiger partial charge in [0, 0.05) is 22.9 Å². The van der Waals surface area contributed by atoms with E-state index in [2.05, 4.69) is 15.3 Å². The first kappa shape index (κ1) is 20.9. The van der Waals surface area contributed by atoms with Crippen LogP contribution in [0, 0.1) is 11.6 Å². The third-order valence-electron chi connectivity index (χ3n) is 4.00. The van der Waals surface area contributed by atoms with E-state index in [1.165, 1.54) is 43.1 Å². The van der Waals surface area contributed by atoms with Gasteiger partial charge in [-0.25, -0.2) is 27.5 Å². The Bertz CT molecular complexity index is 1020. The zero-order valence-electron chi connectivity index (χ0n) is 15.5. The van der Waals surface area contributed by atoms with Gasteiger partial charge in [-0.05, 0) is 42.2 Å². The highest BCUT2D eigenvalue weighted by molar-refractivity contribution is 7.97. The summed E-state index contributed by atoms with van der Waals surface area (Å²) in [5.41, 5.74) is 0.761. The number of pyridine rings is 2. The number of hydrogen-bond acceptors (Lipinski definition) is 5. The fourth-order valence-electron chi connectivity index (χ4n) is 2.77. The van der Waals surface area contributed by atoms with Crippen molar-refractivity contribution in [2.75, 3.05) is 18.7 Å². The van der Waals surface area contributed by atoms with Crippen molar-refractivity contribution in [3.05, 3.63) is 65.5 Å². The highest BCUT2D eigenvalue weighted by atomic mass is 32.2. The number of nitrogens with zero attached hydrogens (tertiary/aromatic N) is 2. The molecule has 0 atom stereocenters. The van der Waals surface area contributed by atoms with Crippen LogP contribution >= 0.6 is 11.8 Å². The molecule has 2 heterocycles. The molecule has 3 rings (SSSR count). The Morgan fingerprint density at radius 3 is 2.55 bits per heavy atom. The monoisotopic (exact) mass is 423 g/mol. The molecule has 0 aliphatic rings. The van der Waals surface area contributed by atoms with E-state index in [4.69, 9.17) is 4.74 Å². The quantitative estimate of drug-likeness (QED) is 0.474. The molecular formula is C20H17F4N3OS. The Hall–Kier alpha value is -2.81. The standard InChI is InChI=1S/C20H17F4N3OS/c1-28-17-7-12(21)3-4-13(17)14-8-18(25-9-15(14)22)27-19-6-11(10-29-2)5-16(26-19)20(23)24/h3-9,20H,10H2,1-2H3,(H,25,26,27). The largest absolute Gasteiger partial charge is 0.496 e. The lowest BCUT2D eigenvalue weighted by atomic mass is 10.0. The highest BCUT2D eigenvalue weighted by Gasteiger charge is 2.15. The van der Waals surface area contributed by atoms with Crippen LogP contribution in [0.25, 0.3) is 11.1 Å². The van der Waals surface area contributed by atoms with E-state index in [0.717, 1.165) is 12.3 Å². The molecule has 0 unspecified atom stereocenters. The molecule has 0 saturated carbocycles. The van der Waals surface area contributed by atoms with Gasteiger partial charge in [-0.1, -0.05) is 0 Å². The fourth-order valence-corrected chi connectivity index (χ4v) is 3.27. The summed E-state index contributed by atoms with van der Waals surface area (Å²) in [5.74, 6) is -0.109. The van der Waals surface area contributed by atoms with E-state index in [1.807, 2.05) is 6.26 Å². The van der Waals surface area contributed by atoms with Crippen molar-refractivity contribution < 1.29 is 22.3 Å². The smallest absolute Gasteiger partial charge is 0.280 e. The van der Waals surface area contributed by atoms with E-state index < -0.39 is 18.1 Å².